The number of nitrogens with one attached hydrogen (secondary N) is 1. The molecule has 4 fully saturated rings. The zero-order chi connectivity index (χ0) is 38.8. The molecule has 2 saturated carbocycles. The van der Waals surface area contributed by atoms with Gasteiger partial charge in [-0.2, -0.15) is 0 Å². The van der Waals surface area contributed by atoms with Gasteiger partial charge in [-0.25, -0.2) is 14.4 Å². The van der Waals surface area contributed by atoms with Crippen LogP contribution in [0.3, 0.4) is 0 Å². The van der Waals surface area contributed by atoms with Crippen molar-refractivity contribution in [3.8, 4) is 11.5 Å². The van der Waals surface area contributed by atoms with Gasteiger partial charge in [0.05, 0.1) is 19.8 Å². The first-order valence-electron chi connectivity index (χ1n) is 17.8. The Morgan fingerprint density at radius 3 is 1.79 bits per heavy atom. The van der Waals surface area contributed by atoms with E-state index in [4.69, 9.17) is 42.1 Å². The molecular formula is C38H52Cl2N4O9. The van der Waals surface area contributed by atoms with Gasteiger partial charge in [-0.1, -0.05) is 29.3 Å². The molecule has 0 radical (unpaired) electrons. The number of benzene rings is 2. The summed E-state index contributed by atoms with van der Waals surface area (Å²) >= 11 is 11.9. The third-order valence-corrected chi connectivity index (χ3v) is 9.49. The molecule has 0 unspecified atom stereocenters. The van der Waals surface area contributed by atoms with Crippen LogP contribution >= 0.6 is 23.2 Å². The highest BCUT2D eigenvalue weighted by molar-refractivity contribution is 6.31. The molecule has 13 nitrogen and oxygen atoms in total. The van der Waals surface area contributed by atoms with Crippen molar-refractivity contribution in [3.05, 3.63) is 57.6 Å². The molecule has 1 amide bonds. The number of amides is 1. The second-order valence-corrected chi connectivity index (χ2v) is 15.4. The number of carbonyl (C=O) groups excluding carboxylic acids is 4. The van der Waals surface area contributed by atoms with E-state index in [1.807, 2.05) is 32.9 Å². The number of rotatable bonds is 9. The molecule has 15 heteroatoms. The number of hydrogen-bond donors (Lipinski definition) is 1. The molecule has 1 N–H and O–H groups in total. The summed E-state index contributed by atoms with van der Waals surface area (Å²) in [4.78, 5) is 52.2. The van der Waals surface area contributed by atoms with Crippen LogP contribution in [0, 0.1) is 0 Å². The zero-order valence-electron chi connectivity index (χ0n) is 31.5. The Morgan fingerprint density at radius 2 is 1.30 bits per heavy atom. The number of halogens is 2. The standard InChI is InChI=1S/C17H23ClN2O3.C12H11ClO4.C9H18N2O2/c1-19-7-9-20(10-8-19)12-13-3-4-14(18)11-15(13)23-17(5-6-17)16(21)22-2;1-16-11(15)12(4-5-12)17-10-6-9(13)3-2-8(10)7-14;1-9(2,3)13-8(12)11-6-4-10-5-7-11/h3-4,11H,5-10,12H2,1-2H3;2-3,6-7H,4-5H2,1H3;10H,4-7H2,1-3H3. The van der Waals surface area contributed by atoms with Crippen molar-refractivity contribution in [1.29, 1.82) is 0 Å². The number of hydrogen-bond acceptors (Lipinski definition) is 12. The molecule has 0 aromatic heterocycles. The van der Waals surface area contributed by atoms with Gasteiger partial charge in [0, 0.05) is 100 Å². The molecule has 4 aliphatic rings. The van der Waals surface area contributed by atoms with Gasteiger partial charge in [-0.15, -0.1) is 0 Å². The Labute approximate surface area is 322 Å². The Bertz CT molecular complexity index is 1580. The van der Waals surface area contributed by atoms with Gasteiger partial charge in [-0.3, -0.25) is 9.69 Å². The van der Waals surface area contributed by atoms with E-state index in [0.717, 1.165) is 64.5 Å². The molecule has 2 aromatic carbocycles. The van der Waals surface area contributed by atoms with Crippen LogP contribution in [0.4, 0.5) is 4.79 Å². The third-order valence-electron chi connectivity index (χ3n) is 9.02. The van der Waals surface area contributed by atoms with Crippen LogP contribution < -0.4 is 14.8 Å². The smallest absolute Gasteiger partial charge is 0.410 e. The number of nitrogens with zero attached hydrogens (tertiary/aromatic N) is 3. The number of carbonyl (C=O) groups is 4. The maximum absolute atomic E-state index is 11.9. The lowest BCUT2D eigenvalue weighted by Crippen LogP contribution is -2.48. The molecule has 0 bridgehead atoms. The van der Waals surface area contributed by atoms with Gasteiger partial charge in [0.25, 0.3) is 0 Å². The van der Waals surface area contributed by atoms with Crippen molar-refractivity contribution in [2.45, 2.75) is 69.8 Å². The lowest BCUT2D eigenvalue weighted by Gasteiger charge is -2.32. The minimum atomic E-state index is -0.933. The summed E-state index contributed by atoms with van der Waals surface area (Å²) in [5.41, 5.74) is -0.700. The SMILES string of the molecule is CC(C)(C)OC(=O)N1CCNCC1.COC(=O)C1(Oc2cc(Cl)ccc2C=O)CC1.COC(=O)C1(Oc2cc(Cl)ccc2CN2CCN(C)CC2)CC1. The Hall–Kier alpha value is -3.62. The molecule has 0 atom stereocenters. The minimum absolute atomic E-state index is 0.200. The van der Waals surface area contributed by atoms with Crippen molar-refractivity contribution in [1.82, 2.24) is 20.0 Å². The normalized spacial score (nSPS) is 18.8. The molecule has 6 rings (SSSR count). The van der Waals surface area contributed by atoms with Crippen LogP contribution in [0.25, 0.3) is 0 Å². The van der Waals surface area contributed by atoms with E-state index >= 15 is 0 Å². The predicted molar refractivity (Wildman–Crippen MR) is 201 cm³/mol. The maximum Gasteiger partial charge on any atom is 0.410 e. The predicted octanol–water partition coefficient (Wildman–Crippen LogP) is 5.24. The number of aldehydes is 1. The Kier molecular flexibility index (Phi) is 14.8. The van der Waals surface area contributed by atoms with Crippen LogP contribution in [0.15, 0.2) is 36.4 Å². The zero-order valence-corrected chi connectivity index (χ0v) is 33.0. The van der Waals surface area contributed by atoms with Crippen molar-refractivity contribution < 1.29 is 42.9 Å². The van der Waals surface area contributed by atoms with Crippen molar-refractivity contribution >= 4 is 47.5 Å². The van der Waals surface area contributed by atoms with Crippen LogP contribution in [-0.2, 0) is 30.3 Å². The fourth-order valence-corrected chi connectivity index (χ4v) is 5.91. The molecule has 2 aliphatic heterocycles. The number of methoxy groups -OCH3 is 2. The summed E-state index contributed by atoms with van der Waals surface area (Å²) in [5.74, 6) is 0.284. The second kappa shape index (κ2) is 18.6. The number of likely N-dealkylation sites (N-methyl/N-ethyl adjacent to an activating group) is 1. The quantitative estimate of drug-likeness (QED) is 0.203. The average molecular weight is 780 g/mol. The summed E-state index contributed by atoms with van der Waals surface area (Å²) in [6, 6.07) is 10.3. The largest absolute Gasteiger partial charge is 0.475 e. The van der Waals surface area contributed by atoms with Crippen molar-refractivity contribution in [3.63, 3.8) is 0 Å². The molecule has 2 aliphatic carbocycles. The highest BCUT2D eigenvalue weighted by Gasteiger charge is 2.55. The first-order chi connectivity index (χ1) is 25.1. The minimum Gasteiger partial charge on any atom is -0.475 e. The summed E-state index contributed by atoms with van der Waals surface area (Å²) in [7, 11) is 4.85. The molecule has 2 aromatic rings. The van der Waals surface area contributed by atoms with Crippen molar-refractivity contribution in [2.75, 3.05) is 73.6 Å². The van der Waals surface area contributed by atoms with Gasteiger partial charge in [0.1, 0.15) is 17.1 Å². The fourth-order valence-electron chi connectivity index (χ4n) is 5.58. The summed E-state index contributed by atoms with van der Waals surface area (Å²) in [6.45, 7) is 13.8. The monoisotopic (exact) mass is 778 g/mol. The van der Waals surface area contributed by atoms with Crippen LogP contribution in [-0.4, -0.2) is 129 Å². The number of piperazine rings is 2. The second-order valence-electron chi connectivity index (χ2n) is 14.5. The van der Waals surface area contributed by atoms with Crippen molar-refractivity contribution in [2.24, 2.45) is 0 Å². The van der Waals surface area contributed by atoms with Gasteiger partial charge in [-0.05, 0) is 58.2 Å². The fraction of sp³-hybridized carbons (Fsp3) is 0.579. The molecule has 2 heterocycles. The molecule has 292 valence electrons. The summed E-state index contributed by atoms with van der Waals surface area (Å²) < 4.78 is 26.4. The molecular weight excluding hydrogens is 727 g/mol. The molecule has 2 saturated heterocycles. The van der Waals surface area contributed by atoms with Gasteiger partial charge < -0.3 is 38.8 Å². The van der Waals surface area contributed by atoms with Crippen LogP contribution in [0.1, 0.15) is 62.4 Å². The number of ether oxygens (including phenoxy) is 5. The van der Waals surface area contributed by atoms with E-state index in [1.165, 1.54) is 20.3 Å². The first kappa shape index (κ1) is 42.1. The van der Waals surface area contributed by atoms with E-state index in [0.29, 0.717) is 59.1 Å². The first-order valence-corrected chi connectivity index (χ1v) is 18.6. The third kappa shape index (κ3) is 12.5. The van der Waals surface area contributed by atoms with Gasteiger partial charge >= 0.3 is 18.0 Å². The van der Waals surface area contributed by atoms with Crippen LogP contribution in [0.5, 0.6) is 11.5 Å². The highest BCUT2D eigenvalue weighted by atomic mass is 35.5. The topological polar surface area (TPSA) is 136 Å². The Morgan fingerprint density at radius 1 is 0.792 bits per heavy atom. The highest BCUT2D eigenvalue weighted by Crippen LogP contribution is 2.44. The average Bonchev–Trinajstić information content (AvgIpc) is 4.08. The van der Waals surface area contributed by atoms with E-state index in [9.17, 15) is 19.2 Å². The maximum atomic E-state index is 11.9. The lowest BCUT2D eigenvalue weighted by atomic mass is 10.1. The molecule has 0 spiro atoms. The Balaban J connectivity index is 0.000000186. The van der Waals surface area contributed by atoms with E-state index in [1.54, 1.807) is 23.1 Å². The lowest BCUT2D eigenvalue weighted by molar-refractivity contribution is -0.151. The van der Waals surface area contributed by atoms with E-state index in [-0.39, 0.29) is 17.7 Å². The van der Waals surface area contributed by atoms with E-state index in [2.05, 4.69) is 26.9 Å². The van der Waals surface area contributed by atoms with Gasteiger partial charge in [0.15, 0.2) is 6.29 Å². The van der Waals surface area contributed by atoms with Gasteiger partial charge in [0.2, 0.25) is 11.2 Å². The van der Waals surface area contributed by atoms with Crippen LogP contribution in [0.2, 0.25) is 10.0 Å². The van der Waals surface area contributed by atoms with E-state index < -0.39 is 17.2 Å². The molecule has 53 heavy (non-hydrogen) atoms. The summed E-state index contributed by atoms with van der Waals surface area (Å²) in [6.07, 6.45) is 3.03. The summed E-state index contributed by atoms with van der Waals surface area (Å²) in [5, 5.41) is 4.25. The number of esters is 2.